The van der Waals surface area contributed by atoms with Crippen molar-refractivity contribution in [3.8, 4) is 5.75 Å². The first-order chi connectivity index (χ1) is 12.5. The molecule has 3 rings (SSSR count). The number of hydrogen-bond acceptors (Lipinski definition) is 3. The first-order valence-electron chi connectivity index (χ1n) is 8.42. The SMILES string of the molecule is CCc1ccc(NC(=O)c2cc(COc3ccc(Cl)cc3C)cs2)cc1. The van der Waals surface area contributed by atoms with Crippen LogP contribution in [0.15, 0.2) is 53.9 Å². The Balaban J connectivity index is 1.60. The maximum atomic E-state index is 12.4. The Hall–Kier alpha value is -2.30. The molecule has 0 atom stereocenters. The van der Waals surface area contributed by atoms with Crippen LogP contribution in [-0.2, 0) is 13.0 Å². The Kier molecular flexibility index (Phi) is 5.96. The van der Waals surface area contributed by atoms with Crippen LogP contribution in [0, 0.1) is 6.92 Å². The van der Waals surface area contributed by atoms with Gasteiger partial charge >= 0.3 is 0 Å². The van der Waals surface area contributed by atoms with E-state index in [4.69, 9.17) is 16.3 Å². The molecule has 0 bridgehead atoms. The predicted octanol–water partition coefficient (Wildman–Crippen LogP) is 6.10. The van der Waals surface area contributed by atoms with Crippen molar-refractivity contribution in [1.82, 2.24) is 0 Å². The van der Waals surface area contributed by atoms with Crippen molar-refractivity contribution in [1.29, 1.82) is 0 Å². The van der Waals surface area contributed by atoms with E-state index < -0.39 is 0 Å². The van der Waals surface area contributed by atoms with Crippen molar-refractivity contribution in [2.24, 2.45) is 0 Å². The van der Waals surface area contributed by atoms with Gasteiger partial charge in [0.2, 0.25) is 0 Å². The number of benzene rings is 2. The number of amides is 1. The summed E-state index contributed by atoms with van der Waals surface area (Å²) >= 11 is 7.37. The molecule has 26 heavy (non-hydrogen) atoms. The van der Waals surface area contributed by atoms with Crippen molar-refractivity contribution >= 4 is 34.5 Å². The van der Waals surface area contributed by atoms with E-state index in [0.29, 0.717) is 16.5 Å². The van der Waals surface area contributed by atoms with Crippen LogP contribution in [0.1, 0.15) is 33.3 Å². The molecular weight excluding hydrogens is 366 g/mol. The molecule has 0 fully saturated rings. The molecule has 5 heteroatoms. The average Bonchev–Trinajstić information content (AvgIpc) is 3.11. The summed E-state index contributed by atoms with van der Waals surface area (Å²) in [5.74, 6) is 0.691. The standard InChI is InChI=1S/C21H20ClNO2S/c1-3-15-4-7-18(8-5-15)23-21(24)20-11-16(13-26-20)12-25-19-9-6-17(22)10-14(19)2/h4-11,13H,3,12H2,1-2H3,(H,23,24). The molecule has 0 aliphatic rings. The first kappa shape index (κ1) is 18.5. The Morgan fingerprint density at radius 3 is 2.58 bits per heavy atom. The first-order valence-corrected chi connectivity index (χ1v) is 9.67. The lowest BCUT2D eigenvalue weighted by Gasteiger charge is -2.08. The van der Waals surface area contributed by atoms with Crippen molar-refractivity contribution in [3.05, 3.63) is 80.5 Å². The molecular formula is C21H20ClNO2S. The van der Waals surface area contributed by atoms with Crippen molar-refractivity contribution in [3.63, 3.8) is 0 Å². The lowest BCUT2D eigenvalue weighted by atomic mass is 10.1. The van der Waals surface area contributed by atoms with Crippen LogP contribution < -0.4 is 10.1 Å². The van der Waals surface area contributed by atoms with Gasteiger partial charge in [-0.25, -0.2) is 0 Å². The van der Waals surface area contributed by atoms with Gasteiger partial charge < -0.3 is 10.1 Å². The summed E-state index contributed by atoms with van der Waals surface area (Å²) in [4.78, 5) is 13.1. The summed E-state index contributed by atoms with van der Waals surface area (Å²) in [6.45, 7) is 4.48. The zero-order valence-corrected chi connectivity index (χ0v) is 16.3. The van der Waals surface area contributed by atoms with E-state index in [2.05, 4.69) is 12.2 Å². The van der Waals surface area contributed by atoms with Gasteiger partial charge in [0, 0.05) is 16.3 Å². The minimum atomic E-state index is -0.104. The Bertz CT molecular complexity index is 903. The fourth-order valence-corrected chi connectivity index (χ4v) is 3.54. The number of hydrogen-bond donors (Lipinski definition) is 1. The second kappa shape index (κ2) is 8.39. The van der Waals surface area contributed by atoms with Crippen LogP contribution in [-0.4, -0.2) is 5.91 Å². The van der Waals surface area contributed by atoms with Gasteiger partial charge in [-0.05, 0) is 66.2 Å². The second-order valence-electron chi connectivity index (χ2n) is 6.02. The van der Waals surface area contributed by atoms with E-state index in [-0.39, 0.29) is 5.91 Å². The van der Waals surface area contributed by atoms with Gasteiger partial charge in [0.25, 0.3) is 5.91 Å². The number of aryl methyl sites for hydroxylation is 2. The van der Waals surface area contributed by atoms with Crippen LogP contribution >= 0.6 is 22.9 Å². The predicted molar refractivity (Wildman–Crippen MR) is 109 cm³/mol. The van der Waals surface area contributed by atoms with Crippen LogP contribution in [0.4, 0.5) is 5.69 Å². The summed E-state index contributed by atoms with van der Waals surface area (Å²) in [5.41, 5.74) is 4.00. The second-order valence-corrected chi connectivity index (χ2v) is 7.37. The highest BCUT2D eigenvalue weighted by atomic mass is 35.5. The van der Waals surface area contributed by atoms with Crippen molar-refractivity contribution in [2.45, 2.75) is 26.9 Å². The molecule has 2 aromatic carbocycles. The van der Waals surface area contributed by atoms with Crippen molar-refractivity contribution < 1.29 is 9.53 Å². The maximum absolute atomic E-state index is 12.4. The number of nitrogens with one attached hydrogen (secondary N) is 1. The molecule has 134 valence electrons. The third-order valence-corrected chi connectivity index (χ3v) is 5.24. The lowest BCUT2D eigenvalue weighted by Crippen LogP contribution is -2.10. The van der Waals surface area contributed by atoms with Gasteiger partial charge in [0.15, 0.2) is 0 Å². The summed E-state index contributed by atoms with van der Waals surface area (Å²) < 4.78 is 5.83. The van der Waals surface area contributed by atoms with Gasteiger partial charge in [0.1, 0.15) is 12.4 Å². The summed E-state index contributed by atoms with van der Waals surface area (Å²) in [7, 11) is 0. The third-order valence-electron chi connectivity index (χ3n) is 4.03. The third kappa shape index (κ3) is 4.65. The largest absolute Gasteiger partial charge is 0.489 e. The smallest absolute Gasteiger partial charge is 0.265 e. The quantitative estimate of drug-likeness (QED) is 0.556. The minimum Gasteiger partial charge on any atom is -0.489 e. The molecule has 1 aromatic heterocycles. The highest BCUT2D eigenvalue weighted by Gasteiger charge is 2.10. The molecule has 3 nitrogen and oxygen atoms in total. The van der Waals surface area contributed by atoms with E-state index in [1.807, 2.05) is 54.8 Å². The highest BCUT2D eigenvalue weighted by Crippen LogP contribution is 2.24. The van der Waals surface area contributed by atoms with Gasteiger partial charge in [-0.15, -0.1) is 11.3 Å². The van der Waals surface area contributed by atoms with E-state index in [9.17, 15) is 4.79 Å². The van der Waals surface area contributed by atoms with Gasteiger partial charge in [-0.1, -0.05) is 30.7 Å². The number of anilines is 1. The molecule has 0 radical (unpaired) electrons. The van der Waals surface area contributed by atoms with Crippen LogP contribution in [0.25, 0.3) is 0 Å². The fraction of sp³-hybridized carbons (Fsp3) is 0.190. The van der Waals surface area contributed by atoms with Crippen LogP contribution in [0.2, 0.25) is 5.02 Å². The van der Waals surface area contributed by atoms with Gasteiger partial charge in [-0.2, -0.15) is 0 Å². The monoisotopic (exact) mass is 385 g/mol. The number of thiophene rings is 1. The number of ether oxygens (including phenoxy) is 1. The zero-order valence-electron chi connectivity index (χ0n) is 14.7. The number of halogens is 1. The van der Waals surface area contributed by atoms with E-state index in [1.165, 1.54) is 16.9 Å². The minimum absolute atomic E-state index is 0.104. The Labute approximate surface area is 162 Å². The van der Waals surface area contributed by atoms with Crippen LogP contribution in [0.5, 0.6) is 5.75 Å². The van der Waals surface area contributed by atoms with E-state index in [0.717, 1.165) is 29.0 Å². The maximum Gasteiger partial charge on any atom is 0.265 e. The lowest BCUT2D eigenvalue weighted by molar-refractivity contribution is 0.103. The summed E-state index contributed by atoms with van der Waals surface area (Å²) in [6, 6.07) is 15.3. The summed E-state index contributed by atoms with van der Waals surface area (Å²) in [6.07, 6.45) is 0.982. The molecule has 0 unspecified atom stereocenters. The number of carbonyl (C=O) groups is 1. The molecule has 0 aliphatic carbocycles. The van der Waals surface area contributed by atoms with Crippen LogP contribution in [0.3, 0.4) is 0 Å². The topological polar surface area (TPSA) is 38.3 Å². The molecule has 1 amide bonds. The van der Waals surface area contributed by atoms with E-state index in [1.54, 1.807) is 6.07 Å². The Morgan fingerprint density at radius 2 is 1.88 bits per heavy atom. The molecule has 0 spiro atoms. The molecule has 0 aliphatic heterocycles. The molecule has 3 aromatic rings. The number of rotatable bonds is 6. The Morgan fingerprint density at radius 1 is 1.12 bits per heavy atom. The number of carbonyl (C=O) groups excluding carboxylic acids is 1. The zero-order chi connectivity index (χ0) is 18.5. The van der Waals surface area contributed by atoms with Gasteiger partial charge in [-0.3, -0.25) is 4.79 Å². The molecule has 1 N–H and O–H groups in total. The van der Waals surface area contributed by atoms with E-state index >= 15 is 0 Å². The molecule has 0 saturated carbocycles. The molecule has 1 heterocycles. The average molecular weight is 386 g/mol. The summed E-state index contributed by atoms with van der Waals surface area (Å²) in [5, 5.41) is 5.56. The normalized spacial score (nSPS) is 10.6. The van der Waals surface area contributed by atoms with Gasteiger partial charge in [0.05, 0.1) is 4.88 Å². The fourth-order valence-electron chi connectivity index (χ4n) is 2.52. The highest BCUT2D eigenvalue weighted by molar-refractivity contribution is 7.12. The molecule has 0 saturated heterocycles. The van der Waals surface area contributed by atoms with Crippen molar-refractivity contribution in [2.75, 3.05) is 5.32 Å².